The summed E-state index contributed by atoms with van der Waals surface area (Å²) >= 11 is 0. The van der Waals surface area contributed by atoms with Crippen LogP contribution >= 0.6 is 0 Å². The Labute approximate surface area is 109 Å². The number of hydrogen-bond acceptors (Lipinski definition) is 5. The molecule has 0 radical (unpaired) electrons. The van der Waals surface area contributed by atoms with Crippen molar-refractivity contribution in [2.45, 2.75) is 19.3 Å². The molecule has 0 aromatic heterocycles. The maximum Gasteiger partial charge on any atom is 0.547 e. The molecule has 1 aromatic carbocycles. The highest BCUT2D eigenvalue weighted by molar-refractivity contribution is 6.47. The van der Waals surface area contributed by atoms with Crippen molar-refractivity contribution in [2.24, 2.45) is 0 Å². The number of carbonyl (C=O) groups excluding carboxylic acids is 1. The maximum atomic E-state index is 11.1. The van der Waals surface area contributed by atoms with Crippen LogP contribution in [0, 0.1) is 0 Å². The summed E-state index contributed by atoms with van der Waals surface area (Å²) in [7, 11) is -1.36. The molecule has 0 spiro atoms. The first kappa shape index (κ1) is 13.2. The SMILES string of the molecule is CC(=O)NC1Cc2ccc(O)c(C(=O)O)c2OB1O. The van der Waals surface area contributed by atoms with E-state index in [1.54, 1.807) is 0 Å². The molecule has 1 aliphatic rings. The van der Waals surface area contributed by atoms with Crippen LogP contribution in [-0.2, 0) is 11.2 Å². The number of carbonyl (C=O) groups is 2. The molecule has 1 atom stereocenters. The summed E-state index contributed by atoms with van der Waals surface area (Å²) in [6.45, 7) is 1.31. The van der Waals surface area contributed by atoms with Gasteiger partial charge in [-0.2, -0.15) is 0 Å². The first-order valence-electron chi connectivity index (χ1n) is 5.60. The molecule has 0 bridgehead atoms. The number of benzene rings is 1. The van der Waals surface area contributed by atoms with E-state index in [-0.39, 0.29) is 18.1 Å². The maximum absolute atomic E-state index is 11.1. The predicted octanol–water partition coefficient (Wildman–Crippen LogP) is -0.450. The quantitative estimate of drug-likeness (QED) is 0.538. The molecule has 0 aliphatic carbocycles. The van der Waals surface area contributed by atoms with E-state index in [0.29, 0.717) is 5.56 Å². The average molecular weight is 265 g/mol. The van der Waals surface area contributed by atoms with Crippen LogP contribution in [0.3, 0.4) is 0 Å². The van der Waals surface area contributed by atoms with Gasteiger partial charge in [-0.1, -0.05) is 6.07 Å². The minimum Gasteiger partial charge on any atom is -0.534 e. The Morgan fingerprint density at radius 2 is 2.16 bits per heavy atom. The molecule has 0 saturated heterocycles. The zero-order chi connectivity index (χ0) is 14.2. The normalized spacial score (nSPS) is 17.4. The molecule has 1 aromatic rings. The Kier molecular flexibility index (Phi) is 3.35. The molecular weight excluding hydrogens is 253 g/mol. The average Bonchev–Trinajstić information content (AvgIpc) is 2.29. The Balaban J connectivity index is 2.40. The number of carboxylic acids is 1. The van der Waals surface area contributed by atoms with Gasteiger partial charge in [0.1, 0.15) is 17.1 Å². The van der Waals surface area contributed by atoms with Crippen LogP contribution in [0.1, 0.15) is 22.8 Å². The Bertz CT molecular complexity index is 546. The Hall–Kier alpha value is -2.22. The van der Waals surface area contributed by atoms with Gasteiger partial charge in [0.25, 0.3) is 0 Å². The molecule has 19 heavy (non-hydrogen) atoms. The van der Waals surface area contributed by atoms with Crippen molar-refractivity contribution in [2.75, 3.05) is 0 Å². The van der Waals surface area contributed by atoms with Crippen molar-refractivity contribution in [1.82, 2.24) is 5.32 Å². The molecule has 1 amide bonds. The third-order valence-corrected chi connectivity index (χ3v) is 2.84. The highest BCUT2D eigenvalue weighted by Gasteiger charge is 2.38. The second-order valence-electron chi connectivity index (χ2n) is 4.27. The number of aromatic carboxylic acids is 1. The lowest BCUT2D eigenvalue weighted by atomic mass is 9.72. The third-order valence-electron chi connectivity index (χ3n) is 2.84. The van der Waals surface area contributed by atoms with E-state index < -0.39 is 30.3 Å². The summed E-state index contributed by atoms with van der Waals surface area (Å²) in [4.78, 5) is 22.1. The number of carboxylic acid groups (broad SMARTS) is 1. The molecular formula is C11H12BNO6. The number of fused-ring (bicyclic) bond motifs is 1. The van der Waals surface area contributed by atoms with Gasteiger partial charge in [0.05, 0.1) is 5.94 Å². The van der Waals surface area contributed by atoms with E-state index in [0.717, 1.165) is 0 Å². The summed E-state index contributed by atoms with van der Waals surface area (Å²) in [5.74, 6) is -2.83. The van der Waals surface area contributed by atoms with Crippen LogP contribution < -0.4 is 9.97 Å². The van der Waals surface area contributed by atoms with Crippen LogP contribution in [0.4, 0.5) is 0 Å². The van der Waals surface area contributed by atoms with Gasteiger partial charge in [-0.25, -0.2) is 4.79 Å². The number of amides is 1. The molecule has 4 N–H and O–H groups in total. The molecule has 8 heteroatoms. The lowest BCUT2D eigenvalue weighted by Crippen LogP contribution is -2.52. The molecule has 1 aliphatic heterocycles. The lowest BCUT2D eigenvalue weighted by Gasteiger charge is -2.28. The summed E-state index contributed by atoms with van der Waals surface area (Å²) in [6.07, 6.45) is 0.219. The summed E-state index contributed by atoms with van der Waals surface area (Å²) in [5, 5.41) is 30.8. The van der Waals surface area contributed by atoms with E-state index in [9.17, 15) is 19.7 Å². The fourth-order valence-electron chi connectivity index (χ4n) is 2.04. The molecule has 2 rings (SSSR count). The monoisotopic (exact) mass is 265 g/mol. The van der Waals surface area contributed by atoms with Gasteiger partial charge in [-0.3, -0.25) is 4.79 Å². The summed E-state index contributed by atoms with van der Waals surface area (Å²) in [5.41, 5.74) is 0.108. The first-order chi connectivity index (χ1) is 8.90. The molecule has 0 saturated carbocycles. The van der Waals surface area contributed by atoms with E-state index in [1.165, 1.54) is 19.1 Å². The van der Waals surface area contributed by atoms with Crippen LogP contribution in [0.25, 0.3) is 0 Å². The fourth-order valence-corrected chi connectivity index (χ4v) is 2.04. The largest absolute Gasteiger partial charge is 0.547 e. The summed E-state index contributed by atoms with van der Waals surface area (Å²) in [6, 6.07) is 2.74. The molecule has 0 fully saturated rings. The van der Waals surface area contributed by atoms with E-state index in [4.69, 9.17) is 9.76 Å². The number of nitrogens with one attached hydrogen (secondary N) is 1. The van der Waals surface area contributed by atoms with Gasteiger partial charge in [-0.05, 0) is 18.1 Å². The fraction of sp³-hybridized carbons (Fsp3) is 0.273. The van der Waals surface area contributed by atoms with Crippen LogP contribution in [-0.4, -0.2) is 40.2 Å². The van der Waals surface area contributed by atoms with Crippen LogP contribution in [0.2, 0.25) is 0 Å². The van der Waals surface area contributed by atoms with E-state index >= 15 is 0 Å². The minimum atomic E-state index is -1.36. The minimum absolute atomic E-state index is 0.0680. The second kappa shape index (κ2) is 4.81. The van der Waals surface area contributed by atoms with E-state index in [2.05, 4.69) is 5.32 Å². The van der Waals surface area contributed by atoms with Crippen molar-refractivity contribution in [3.05, 3.63) is 23.3 Å². The van der Waals surface area contributed by atoms with Crippen LogP contribution in [0.15, 0.2) is 12.1 Å². The van der Waals surface area contributed by atoms with Crippen molar-refractivity contribution < 1.29 is 29.5 Å². The third kappa shape index (κ3) is 2.48. The number of aromatic hydroxyl groups is 1. The summed E-state index contributed by atoms with van der Waals surface area (Å²) < 4.78 is 5.12. The highest BCUT2D eigenvalue weighted by Crippen LogP contribution is 2.35. The van der Waals surface area contributed by atoms with Crippen LogP contribution in [0.5, 0.6) is 11.5 Å². The smallest absolute Gasteiger partial charge is 0.534 e. The lowest BCUT2D eigenvalue weighted by molar-refractivity contribution is -0.119. The van der Waals surface area contributed by atoms with Gasteiger partial charge in [-0.15, -0.1) is 0 Å². The van der Waals surface area contributed by atoms with Gasteiger partial charge >= 0.3 is 13.1 Å². The zero-order valence-electron chi connectivity index (χ0n) is 10.1. The highest BCUT2D eigenvalue weighted by atomic mass is 16.5. The van der Waals surface area contributed by atoms with Gasteiger partial charge in [0, 0.05) is 6.92 Å². The molecule has 1 heterocycles. The predicted molar refractivity (Wildman–Crippen MR) is 65.0 cm³/mol. The first-order valence-corrected chi connectivity index (χ1v) is 5.60. The van der Waals surface area contributed by atoms with Crippen molar-refractivity contribution in [3.63, 3.8) is 0 Å². The Morgan fingerprint density at radius 3 is 2.74 bits per heavy atom. The number of phenols is 1. The van der Waals surface area contributed by atoms with E-state index in [1.807, 2.05) is 0 Å². The van der Waals surface area contributed by atoms with Gasteiger partial charge in [0.2, 0.25) is 5.91 Å². The Morgan fingerprint density at radius 1 is 1.47 bits per heavy atom. The standard InChI is InChI=1S/C11H12BNO6/c1-5(14)13-8-4-6-2-3-7(15)9(11(16)17)10(6)19-12(8)18/h2-3,8,15,18H,4H2,1H3,(H,13,14)(H,16,17). The van der Waals surface area contributed by atoms with Crippen molar-refractivity contribution in [3.8, 4) is 11.5 Å². The molecule has 1 unspecified atom stereocenters. The number of hydrogen-bond donors (Lipinski definition) is 4. The number of rotatable bonds is 2. The topological polar surface area (TPSA) is 116 Å². The van der Waals surface area contributed by atoms with Gasteiger partial charge in [0.15, 0.2) is 0 Å². The molecule has 100 valence electrons. The van der Waals surface area contributed by atoms with Crippen molar-refractivity contribution in [1.29, 1.82) is 0 Å². The van der Waals surface area contributed by atoms with Gasteiger partial charge < -0.3 is 25.2 Å². The molecule has 7 nitrogen and oxygen atoms in total. The van der Waals surface area contributed by atoms with Crippen molar-refractivity contribution >= 4 is 19.0 Å². The second-order valence-corrected chi connectivity index (χ2v) is 4.27. The zero-order valence-corrected chi connectivity index (χ0v) is 10.1.